The van der Waals surface area contributed by atoms with E-state index in [2.05, 4.69) is 0 Å². The fourth-order valence-electron chi connectivity index (χ4n) is 0. The maximum Gasteiger partial charge on any atom is 2.00 e. The molecule has 0 heterocycles. The van der Waals surface area contributed by atoms with Crippen LogP contribution >= 0.6 is 0 Å². The van der Waals surface area contributed by atoms with Crippen LogP contribution in [-0.4, -0.2) is 193 Å². The number of rotatable bonds is 0. The second-order valence-electron chi connectivity index (χ2n) is 1.00. The van der Waals surface area contributed by atoms with Gasteiger partial charge in [0.1, 0.15) is 0 Å². The molecule has 0 aliphatic rings. The van der Waals surface area contributed by atoms with Crippen molar-refractivity contribution in [2.75, 3.05) is 0 Å². The molecule has 0 amide bonds. The standard InChI is InChI=1S/4Ca.4O3Si.H2O/c;;;;4*1-4(2)3;/h;;;;;;;;1H2/q4*+2;4*-2;. The minimum atomic E-state index is -3.63. The summed E-state index contributed by atoms with van der Waals surface area (Å²) in [5, 5.41) is 0. The van der Waals surface area contributed by atoms with Gasteiger partial charge in [-0.25, -0.2) is 0 Å². The molecule has 0 bridgehead atoms. The molecule has 13 nitrogen and oxygen atoms in total. The summed E-state index contributed by atoms with van der Waals surface area (Å²) in [7, 11) is -14.5. The van der Waals surface area contributed by atoms with Crippen LogP contribution in [0.4, 0.5) is 0 Å². The first-order valence-electron chi connectivity index (χ1n) is 2.45. The predicted octanol–water partition coefficient (Wildman–Crippen LogP) is -13.9. The van der Waals surface area contributed by atoms with Crippen molar-refractivity contribution in [3.8, 4) is 0 Å². The Hall–Kier alpha value is 3.47. The topological polar surface area (TPSA) is 284 Å². The third-order valence-corrected chi connectivity index (χ3v) is 0. The van der Waals surface area contributed by atoms with Crippen LogP contribution in [0.3, 0.4) is 0 Å². The Kier molecular flexibility index (Phi) is 133. The normalized spacial score (nSPS) is 4.57. The van der Waals surface area contributed by atoms with E-state index < -0.39 is 36.7 Å². The monoisotopic (exact) mass is 482 g/mol. The van der Waals surface area contributed by atoms with Crippen LogP contribution in [0.2, 0.25) is 0 Å². The number of hydrogen-bond donors (Lipinski definition) is 0. The summed E-state index contributed by atoms with van der Waals surface area (Å²) in [6, 6.07) is 0. The van der Waals surface area contributed by atoms with Gasteiger partial charge in [-0.3, -0.25) is 0 Å². The molecular formula is H2Ca4O13Si4. The first-order valence-corrected chi connectivity index (χ1v) is 7.35. The maximum atomic E-state index is 8.52. The Morgan fingerprint density at radius 2 is 0.381 bits per heavy atom. The van der Waals surface area contributed by atoms with Gasteiger partial charge in [-0.1, -0.05) is 0 Å². The van der Waals surface area contributed by atoms with Gasteiger partial charge in [-0.15, -0.1) is 0 Å². The van der Waals surface area contributed by atoms with E-state index in [0.29, 0.717) is 0 Å². The SMILES string of the molecule is O.O=[Si]([O-])[O-].O=[Si]([O-])[O-].O=[Si]([O-])[O-].O=[Si]([O-])[O-].[Ca+2].[Ca+2].[Ca+2].[Ca+2]. The molecular weight excluding hydrogens is 481 g/mol. The molecule has 0 aliphatic heterocycles. The van der Waals surface area contributed by atoms with Crippen molar-refractivity contribution in [1.82, 2.24) is 0 Å². The summed E-state index contributed by atoms with van der Waals surface area (Å²) in [4.78, 5) is 68.1. The van der Waals surface area contributed by atoms with Crippen LogP contribution in [0, 0.1) is 0 Å². The summed E-state index contributed by atoms with van der Waals surface area (Å²) < 4.78 is 34.1. The van der Waals surface area contributed by atoms with E-state index in [1.54, 1.807) is 0 Å². The van der Waals surface area contributed by atoms with Crippen molar-refractivity contribution >= 4 is 188 Å². The molecule has 21 heteroatoms. The molecule has 0 unspecified atom stereocenters. The van der Waals surface area contributed by atoms with E-state index in [9.17, 15) is 0 Å². The fourth-order valence-corrected chi connectivity index (χ4v) is 0. The van der Waals surface area contributed by atoms with E-state index in [1.165, 1.54) is 0 Å². The molecule has 21 heavy (non-hydrogen) atoms. The minimum Gasteiger partial charge on any atom is -0.672 e. The summed E-state index contributed by atoms with van der Waals surface area (Å²) in [6.45, 7) is 0. The van der Waals surface area contributed by atoms with E-state index >= 15 is 0 Å². The quantitative estimate of drug-likeness (QED) is 0.291. The maximum absolute atomic E-state index is 8.52. The smallest absolute Gasteiger partial charge is 0.672 e. The first-order chi connectivity index (χ1) is 6.93. The molecule has 0 fully saturated rings. The summed E-state index contributed by atoms with van der Waals surface area (Å²) in [5.74, 6) is 0. The average Bonchev–Trinajstić information content (AvgIpc) is 1.76. The molecule has 2 N–H and O–H groups in total. The van der Waals surface area contributed by atoms with Crippen molar-refractivity contribution < 1.29 is 61.7 Å². The summed E-state index contributed by atoms with van der Waals surface area (Å²) in [5.41, 5.74) is 0. The molecule has 0 aliphatic carbocycles. The molecule has 104 valence electrons. The Labute approximate surface area is 243 Å². The van der Waals surface area contributed by atoms with Crippen molar-refractivity contribution in [2.24, 2.45) is 0 Å². The Morgan fingerprint density at radius 3 is 0.381 bits per heavy atom. The third kappa shape index (κ3) is 900. The van der Waals surface area contributed by atoms with Gasteiger partial charge >= 0.3 is 151 Å². The molecule has 0 aromatic heterocycles. The fraction of sp³-hybridized carbons (Fsp3) is 0. The van der Waals surface area contributed by atoms with Crippen LogP contribution in [0.5, 0.6) is 0 Å². The summed E-state index contributed by atoms with van der Waals surface area (Å²) >= 11 is 0. The van der Waals surface area contributed by atoms with Crippen molar-refractivity contribution in [1.29, 1.82) is 0 Å². The van der Waals surface area contributed by atoms with Crippen LogP contribution in [-0.2, 0) is 17.8 Å². The van der Waals surface area contributed by atoms with Gasteiger partial charge < -0.3 is 61.7 Å². The zero-order valence-corrected chi connectivity index (χ0v) is 23.1. The molecule has 0 spiro atoms. The predicted molar refractivity (Wildman–Crippen MR) is 52.4 cm³/mol. The zero-order valence-electron chi connectivity index (χ0n) is 10.2. The molecule has 0 radical (unpaired) electrons. The zero-order chi connectivity index (χ0) is 14.3. The van der Waals surface area contributed by atoms with Gasteiger partial charge in [0.25, 0.3) is 0 Å². The van der Waals surface area contributed by atoms with Crippen molar-refractivity contribution in [2.45, 2.75) is 0 Å². The van der Waals surface area contributed by atoms with Crippen molar-refractivity contribution in [3.63, 3.8) is 0 Å². The van der Waals surface area contributed by atoms with Crippen molar-refractivity contribution in [3.05, 3.63) is 0 Å². The van der Waals surface area contributed by atoms with E-state index in [4.69, 9.17) is 56.2 Å². The average molecular weight is 483 g/mol. The van der Waals surface area contributed by atoms with Gasteiger partial charge in [-0.05, 0) is 0 Å². The van der Waals surface area contributed by atoms with E-state index in [-0.39, 0.29) is 156 Å². The summed E-state index contributed by atoms with van der Waals surface area (Å²) in [6.07, 6.45) is 0. The van der Waals surface area contributed by atoms with Gasteiger partial charge in [-0.2, -0.15) is 0 Å². The molecule has 0 atom stereocenters. The van der Waals surface area contributed by atoms with Gasteiger partial charge in [0.2, 0.25) is 0 Å². The molecule has 0 rings (SSSR count). The largest absolute Gasteiger partial charge is 2.00 e. The molecule has 0 saturated carbocycles. The molecule has 0 aromatic rings. The van der Waals surface area contributed by atoms with Crippen LogP contribution < -0.4 is 38.4 Å². The second-order valence-corrected chi connectivity index (χ2v) is 3.00. The second kappa shape index (κ2) is 49.5. The van der Waals surface area contributed by atoms with Gasteiger partial charge in [0.05, 0.1) is 0 Å². The van der Waals surface area contributed by atoms with Crippen LogP contribution in [0.1, 0.15) is 0 Å². The Morgan fingerprint density at radius 1 is 0.381 bits per heavy atom. The Bertz CT molecular complexity index is 168. The molecule has 0 aromatic carbocycles. The van der Waals surface area contributed by atoms with E-state index in [0.717, 1.165) is 0 Å². The Balaban J connectivity index is -0.0000000121. The van der Waals surface area contributed by atoms with E-state index in [1.807, 2.05) is 0 Å². The van der Waals surface area contributed by atoms with Crippen LogP contribution in [0.25, 0.3) is 0 Å². The minimum absolute atomic E-state index is 0. The van der Waals surface area contributed by atoms with Gasteiger partial charge in [0.15, 0.2) is 0 Å². The van der Waals surface area contributed by atoms with Gasteiger partial charge in [0, 0.05) is 36.7 Å². The number of hydrogen-bond acceptors (Lipinski definition) is 12. The third-order valence-electron chi connectivity index (χ3n) is 0. The van der Waals surface area contributed by atoms with Crippen LogP contribution in [0.15, 0.2) is 0 Å². The molecule has 0 saturated heterocycles. The first kappa shape index (κ1) is 56.3.